The van der Waals surface area contributed by atoms with E-state index in [0.717, 1.165) is 5.56 Å². The summed E-state index contributed by atoms with van der Waals surface area (Å²) in [6.45, 7) is 0.217. The summed E-state index contributed by atoms with van der Waals surface area (Å²) in [7, 11) is 0. The van der Waals surface area contributed by atoms with Gasteiger partial charge in [-0.25, -0.2) is 5.43 Å². The molecule has 164 valence electrons. The standard InChI is InChI=1S/C21H14Br3N3O5/c22-14-3-6-19(28)16(9-14)21(29)26-25-10-13-7-17(23)20(18(24)8-13)32-11-12-1-4-15(5-2-12)27(30)31/h1-10,28H,11H2,(H,26,29)/b25-10-. The van der Waals surface area contributed by atoms with Crippen LogP contribution in [0.3, 0.4) is 0 Å². The van der Waals surface area contributed by atoms with E-state index in [1.807, 2.05) is 0 Å². The fourth-order valence-electron chi connectivity index (χ4n) is 2.58. The van der Waals surface area contributed by atoms with Gasteiger partial charge in [0, 0.05) is 16.6 Å². The Kier molecular flexibility index (Phi) is 7.99. The van der Waals surface area contributed by atoms with Crippen LogP contribution in [0.1, 0.15) is 21.5 Å². The highest BCUT2D eigenvalue weighted by Crippen LogP contribution is 2.35. The van der Waals surface area contributed by atoms with Crippen molar-refractivity contribution in [3.63, 3.8) is 0 Å². The molecule has 3 rings (SSSR count). The zero-order chi connectivity index (χ0) is 23.3. The molecule has 3 aromatic rings. The van der Waals surface area contributed by atoms with Crippen molar-refractivity contribution in [2.24, 2.45) is 5.10 Å². The van der Waals surface area contributed by atoms with Gasteiger partial charge in [-0.15, -0.1) is 0 Å². The highest BCUT2D eigenvalue weighted by molar-refractivity contribution is 9.11. The molecule has 0 spiro atoms. The third-order valence-electron chi connectivity index (χ3n) is 4.13. The lowest BCUT2D eigenvalue weighted by molar-refractivity contribution is -0.384. The fraction of sp³-hybridized carbons (Fsp3) is 0.0476. The van der Waals surface area contributed by atoms with Crippen LogP contribution in [0.2, 0.25) is 0 Å². The van der Waals surface area contributed by atoms with Crippen LogP contribution >= 0.6 is 47.8 Å². The zero-order valence-electron chi connectivity index (χ0n) is 16.1. The average molecular weight is 628 g/mol. The lowest BCUT2D eigenvalue weighted by Gasteiger charge is -2.11. The molecule has 0 heterocycles. The number of nitro groups is 1. The number of hydrogen-bond donors (Lipinski definition) is 2. The van der Waals surface area contributed by atoms with Crippen molar-refractivity contribution < 1.29 is 19.6 Å². The number of aromatic hydroxyl groups is 1. The van der Waals surface area contributed by atoms with Crippen LogP contribution in [-0.2, 0) is 6.61 Å². The first-order valence-corrected chi connectivity index (χ1v) is 11.3. The van der Waals surface area contributed by atoms with Gasteiger partial charge in [0.05, 0.1) is 25.6 Å². The second-order valence-corrected chi connectivity index (χ2v) is 9.01. The minimum Gasteiger partial charge on any atom is -0.507 e. The molecule has 0 radical (unpaired) electrons. The first kappa shape index (κ1) is 23.9. The lowest BCUT2D eigenvalue weighted by atomic mass is 10.2. The minimum atomic E-state index is -0.554. The molecular weight excluding hydrogens is 614 g/mol. The molecule has 0 saturated heterocycles. The Hall–Kier alpha value is -2.76. The normalized spacial score (nSPS) is 10.8. The quantitative estimate of drug-likeness (QED) is 0.191. The van der Waals surface area contributed by atoms with E-state index >= 15 is 0 Å². The van der Waals surface area contributed by atoms with Crippen LogP contribution in [0.5, 0.6) is 11.5 Å². The molecule has 11 heteroatoms. The largest absolute Gasteiger partial charge is 0.507 e. The van der Waals surface area contributed by atoms with Crippen LogP contribution < -0.4 is 10.2 Å². The number of benzene rings is 3. The Labute approximate surface area is 207 Å². The third-order valence-corrected chi connectivity index (χ3v) is 5.81. The molecule has 0 aliphatic rings. The van der Waals surface area contributed by atoms with Gasteiger partial charge in [-0.1, -0.05) is 15.9 Å². The second-order valence-electron chi connectivity index (χ2n) is 6.39. The van der Waals surface area contributed by atoms with Gasteiger partial charge in [-0.05, 0) is 85.5 Å². The third kappa shape index (κ3) is 6.15. The number of non-ortho nitro benzene ring substituents is 1. The number of carbonyl (C=O) groups is 1. The minimum absolute atomic E-state index is 0.0157. The molecule has 0 bridgehead atoms. The summed E-state index contributed by atoms with van der Waals surface area (Å²) in [4.78, 5) is 22.5. The van der Waals surface area contributed by atoms with Crippen molar-refractivity contribution in [2.75, 3.05) is 0 Å². The number of halogens is 3. The molecule has 1 amide bonds. The summed E-state index contributed by atoms with van der Waals surface area (Å²) in [5.74, 6) is -0.161. The Bertz CT molecular complexity index is 1180. The number of carbonyl (C=O) groups excluding carboxylic acids is 1. The van der Waals surface area contributed by atoms with Gasteiger partial charge in [0.15, 0.2) is 0 Å². The second kappa shape index (κ2) is 10.7. The summed E-state index contributed by atoms with van der Waals surface area (Å²) < 4.78 is 7.77. The summed E-state index contributed by atoms with van der Waals surface area (Å²) in [6, 6.07) is 14.1. The van der Waals surface area contributed by atoms with Crippen LogP contribution in [-0.4, -0.2) is 22.2 Å². The molecule has 0 aliphatic carbocycles. The molecule has 2 N–H and O–H groups in total. The maximum atomic E-state index is 12.2. The van der Waals surface area contributed by atoms with Gasteiger partial charge in [0.1, 0.15) is 18.1 Å². The van der Waals surface area contributed by atoms with Crippen molar-refractivity contribution in [3.05, 3.63) is 94.8 Å². The van der Waals surface area contributed by atoms with E-state index in [0.29, 0.717) is 24.7 Å². The smallest absolute Gasteiger partial charge is 0.275 e. The molecule has 0 unspecified atom stereocenters. The first-order valence-electron chi connectivity index (χ1n) is 8.91. The molecule has 0 aromatic heterocycles. The van der Waals surface area contributed by atoms with E-state index in [1.54, 1.807) is 30.3 Å². The molecule has 0 fully saturated rings. The van der Waals surface area contributed by atoms with Gasteiger partial charge in [-0.3, -0.25) is 14.9 Å². The van der Waals surface area contributed by atoms with E-state index in [-0.39, 0.29) is 23.6 Å². The van der Waals surface area contributed by atoms with E-state index < -0.39 is 10.8 Å². The summed E-state index contributed by atoms with van der Waals surface area (Å²) >= 11 is 10.1. The number of nitrogens with zero attached hydrogens (tertiary/aromatic N) is 2. The number of hydrazone groups is 1. The summed E-state index contributed by atoms with van der Waals surface area (Å²) in [6.07, 6.45) is 1.45. The Morgan fingerprint density at radius 1 is 1.09 bits per heavy atom. The van der Waals surface area contributed by atoms with Crippen LogP contribution in [0, 0.1) is 10.1 Å². The zero-order valence-corrected chi connectivity index (χ0v) is 20.8. The fourth-order valence-corrected chi connectivity index (χ4v) is 4.39. The molecule has 0 saturated carbocycles. The Morgan fingerprint density at radius 3 is 2.38 bits per heavy atom. The van der Waals surface area contributed by atoms with E-state index in [9.17, 15) is 20.0 Å². The number of phenolic OH excluding ortho intramolecular Hbond substituents is 1. The molecule has 0 atom stereocenters. The highest BCUT2D eigenvalue weighted by Gasteiger charge is 2.12. The van der Waals surface area contributed by atoms with Crippen LogP contribution in [0.25, 0.3) is 0 Å². The monoisotopic (exact) mass is 625 g/mol. The number of rotatable bonds is 7. The number of hydrogen-bond acceptors (Lipinski definition) is 6. The SMILES string of the molecule is O=C(N/N=C\c1cc(Br)c(OCc2ccc([N+](=O)[O-])cc2)c(Br)c1)c1cc(Br)ccc1O. The van der Waals surface area contributed by atoms with Gasteiger partial charge in [0.2, 0.25) is 0 Å². The van der Waals surface area contributed by atoms with Gasteiger partial charge in [0.25, 0.3) is 11.6 Å². The number of nitrogens with one attached hydrogen (secondary N) is 1. The number of phenols is 1. The van der Waals surface area contributed by atoms with Crippen LogP contribution in [0.15, 0.2) is 73.1 Å². The van der Waals surface area contributed by atoms with E-state index in [4.69, 9.17) is 4.74 Å². The lowest BCUT2D eigenvalue weighted by Crippen LogP contribution is -2.17. The predicted octanol–water partition coefficient (Wildman–Crippen LogP) is 5.93. The topological polar surface area (TPSA) is 114 Å². The molecule has 0 aliphatic heterocycles. The van der Waals surface area contributed by atoms with Crippen molar-refractivity contribution in [2.45, 2.75) is 6.61 Å². The van der Waals surface area contributed by atoms with E-state index in [1.165, 1.54) is 30.5 Å². The van der Waals surface area contributed by atoms with Crippen molar-refractivity contribution in [1.29, 1.82) is 0 Å². The number of amides is 1. The Balaban J connectivity index is 1.65. The maximum Gasteiger partial charge on any atom is 0.275 e. The van der Waals surface area contributed by atoms with Crippen molar-refractivity contribution in [3.8, 4) is 11.5 Å². The average Bonchev–Trinajstić information content (AvgIpc) is 2.75. The maximum absolute atomic E-state index is 12.2. The van der Waals surface area contributed by atoms with E-state index in [2.05, 4.69) is 58.3 Å². The van der Waals surface area contributed by atoms with Gasteiger partial charge >= 0.3 is 0 Å². The summed E-state index contributed by atoms with van der Waals surface area (Å²) in [5, 5.41) is 24.5. The van der Waals surface area contributed by atoms with Crippen molar-refractivity contribution in [1.82, 2.24) is 5.43 Å². The molecular formula is C21H14Br3N3O5. The van der Waals surface area contributed by atoms with Crippen LogP contribution in [0.4, 0.5) is 5.69 Å². The molecule has 32 heavy (non-hydrogen) atoms. The number of ether oxygens (including phenoxy) is 1. The molecule has 3 aromatic carbocycles. The predicted molar refractivity (Wildman–Crippen MR) is 130 cm³/mol. The first-order chi connectivity index (χ1) is 15.2. The number of nitro benzene ring substituents is 1. The Morgan fingerprint density at radius 2 is 1.75 bits per heavy atom. The van der Waals surface area contributed by atoms with Crippen molar-refractivity contribution >= 4 is 65.6 Å². The van der Waals surface area contributed by atoms with Gasteiger partial charge < -0.3 is 9.84 Å². The van der Waals surface area contributed by atoms with Gasteiger partial charge in [-0.2, -0.15) is 5.10 Å². The summed E-state index contributed by atoms with van der Waals surface area (Å²) in [5.41, 5.74) is 3.92. The molecule has 8 nitrogen and oxygen atoms in total. The highest BCUT2D eigenvalue weighted by atomic mass is 79.9.